The fourth-order valence-corrected chi connectivity index (χ4v) is 4.57. The topological polar surface area (TPSA) is 89.9 Å². The lowest BCUT2D eigenvalue weighted by molar-refractivity contribution is -0.121. The van der Waals surface area contributed by atoms with Gasteiger partial charge in [0, 0.05) is 27.2 Å². The van der Waals surface area contributed by atoms with Crippen LogP contribution in [0.25, 0.3) is 0 Å². The maximum absolute atomic E-state index is 12.4. The summed E-state index contributed by atoms with van der Waals surface area (Å²) in [7, 11) is 3.38. The molecule has 1 amide bonds. The van der Waals surface area contributed by atoms with Gasteiger partial charge in [0.2, 0.25) is 0 Å². The van der Waals surface area contributed by atoms with Crippen molar-refractivity contribution in [1.82, 2.24) is 4.90 Å². The summed E-state index contributed by atoms with van der Waals surface area (Å²) in [5.74, 6) is 0.0388. The van der Waals surface area contributed by atoms with Crippen molar-refractivity contribution < 1.29 is 23.7 Å². The molecule has 0 aromatic heterocycles. The van der Waals surface area contributed by atoms with E-state index < -0.39 is 0 Å². The number of nitrogens with two attached hydrogens (primary N) is 1. The molecule has 1 saturated carbocycles. The summed E-state index contributed by atoms with van der Waals surface area (Å²) in [5, 5.41) is 0. The quantitative estimate of drug-likeness (QED) is 0.536. The van der Waals surface area contributed by atoms with Crippen LogP contribution in [0.15, 0.2) is 11.6 Å². The first-order valence-corrected chi connectivity index (χ1v) is 9.87. The molecule has 3 fully saturated rings. The second-order valence-corrected chi connectivity index (χ2v) is 8.51. The third-order valence-corrected chi connectivity index (χ3v) is 6.27. The molecule has 1 spiro atoms. The Morgan fingerprint density at radius 1 is 1.41 bits per heavy atom. The minimum atomic E-state index is -0.359. The van der Waals surface area contributed by atoms with Crippen LogP contribution in [-0.2, 0) is 18.9 Å². The molecule has 3 aliphatic rings. The fraction of sp³-hybridized carbons (Fsp3) is 0.850. The molecule has 2 heterocycles. The Morgan fingerprint density at radius 2 is 2.11 bits per heavy atom. The number of hydrogen-bond donors (Lipinski definition) is 1. The summed E-state index contributed by atoms with van der Waals surface area (Å²) in [4.78, 5) is 13.9. The Bertz CT molecular complexity index is 587. The van der Waals surface area contributed by atoms with Gasteiger partial charge in [-0.05, 0) is 40.0 Å². The van der Waals surface area contributed by atoms with Gasteiger partial charge in [-0.25, -0.2) is 4.79 Å². The zero-order chi connectivity index (χ0) is 19.8. The number of epoxide rings is 2. The summed E-state index contributed by atoms with van der Waals surface area (Å²) in [6.07, 6.45) is 3.89. The SMILES string of the molecule is COC1C(OC(=O)N(C)CCN)CC[C@]2(CO2)C1C1(C)O[C@@H]1CC=C(C)C. The van der Waals surface area contributed by atoms with Crippen LogP contribution in [-0.4, -0.2) is 74.4 Å². The van der Waals surface area contributed by atoms with Gasteiger partial charge in [0.05, 0.1) is 18.6 Å². The zero-order valence-corrected chi connectivity index (χ0v) is 17.2. The van der Waals surface area contributed by atoms with Gasteiger partial charge in [-0.1, -0.05) is 11.6 Å². The van der Waals surface area contributed by atoms with Crippen molar-refractivity contribution in [2.45, 2.75) is 69.5 Å². The Hall–Kier alpha value is -1.15. The van der Waals surface area contributed by atoms with E-state index >= 15 is 0 Å². The van der Waals surface area contributed by atoms with Gasteiger partial charge in [-0.3, -0.25) is 0 Å². The van der Waals surface area contributed by atoms with Gasteiger partial charge < -0.3 is 29.6 Å². The highest BCUT2D eigenvalue weighted by Crippen LogP contribution is 2.59. The predicted octanol–water partition coefficient (Wildman–Crippen LogP) is 2.09. The molecule has 0 radical (unpaired) electrons. The summed E-state index contributed by atoms with van der Waals surface area (Å²) in [6.45, 7) is 7.92. The molecule has 0 bridgehead atoms. The van der Waals surface area contributed by atoms with E-state index in [1.807, 2.05) is 0 Å². The van der Waals surface area contributed by atoms with Crippen LogP contribution >= 0.6 is 0 Å². The fourth-order valence-electron chi connectivity index (χ4n) is 4.57. The minimum Gasteiger partial charge on any atom is -0.443 e. The zero-order valence-electron chi connectivity index (χ0n) is 17.2. The molecule has 154 valence electrons. The monoisotopic (exact) mass is 382 g/mol. The number of likely N-dealkylation sites (N-methyl/N-ethyl adjacent to an activating group) is 1. The minimum absolute atomic E-state index is 0.0388. The van der Waals surface area contributed by atoms with E-state index in [1.54, 1.807) is 14.2 Å². The smallest absolute Gasteiger partial charge is 0.409 e. The molecule has 7 heteroatoms. The second-order valence-electron chi connectivity index (χ2n) is 8.51. The molecule has 7 nitrogen and oxygen atoms in total. The molecule has 2 saturated heterocycles. The average Bonchev–Trinajstić information content (AvgIpc) is 3.52. The molecule has 2 aliphatic heterocycles. The molecule has 27 heavy (non-hydrogen) atoms. The number of allylic oxidation sites excluding steroid dienone is 1. The van der Waals surface area contributed by atoms with E-state index in [0.29, 0.717) is 13.1 Å². The third-order valence-electron chi connectivity index (χ3n) is 6.27. The number of ether oxygens (including phenoxy) is 4. The molecule has 2 N–H and O–H groups in total. The van der Waals surface area contributed by atoms with Crippen LogP contribution in [0.2, 0.25) is 0 Å². The van der Waals surface area contributed by atoms with Crippen molar-refractivity contribution in [2.75, 3.05) is 33.9 Å². The molecule has 6 atom stereocenters. The summed E-state index contributed by atoms with van der Waals surface area (Å²) in [5.41, 5.74) is 6.29. The average molecular weight is 383 g/mol. The van der Waals surface area contributed by atoms with E-state index in [4.69, 9.17) is 24.7 Å². The van der Waals surface area contributed by atoms with Crippen LogP contribution in [0.5, 0.6) is 0 Å². The van der Waals surface area contributed by atoms with E-state index in [0.717, 1.165) is 25.9 Å². The maximum Gasteiger partial charge on any atom is 0.409 e. The predicted molar refractivity (Wildman–Crippen MR) is 101 cm³/mol. The number of nitrogens with zero attached hydrogens (tertiary/aromatic N) is 1. The van der Waals surface area contributed by atoms with E-state index in [-0.39, 0.29) is 41.5 Å². The molecular weight excluding hydrogens is 348 g/mol. The highest BCUT2D eigenvalue weighted by Gasteiger charge is 2.72. The molecule has 3 rings (SSSR count). The number of carbonyl (C=O) groups excluding carboxylic acids is 1. The highest BCUT2D eigenvalue weighted by atomic mass is 16.6. The normalized spacial score (nSPS) is 39.8. The lowest BCUT2D eigenvalue weighted by atomic mass is 9.68. The van der Waals surface area contributed by atoms with Crippen LogP contribution in [0.1, 0.15) is 40.0 Å². The third kappa shape index (κ3) is 4.01. The summed E-state index contributed by atoms with van der Waals surface area (Å²) in [6, 6.07) is 0. The highest BCUT2D eigenvalue weighted by molar-refractivity contribution is 5.67. The van der Waals surface area contributed by atoms with Gasteiger partial charge in [-0.15, -0.1) is 0 Å². The summed E-state index contributed by atoms with van der Waals surface area (Å²) < 4.78 is 23.8. The number of hydrogen-bond acceptors (Lipinski definition) is 6. The molecule has 0 aromatic rings. The van der Waals surface area contributed by atoms with Crippen molar-refractivity contribution in [2.24, 2.45) is 11.7 Å². The van der Waals surface area contributed by atoms with Crippen molar-refractivity contribution in [3.8, 4) is 0 Å². The molecular formula is C20H34N2O5. The van der Waals surface area contributed by atoms with E-state index in [2.05, 4.69) is 26.8 Å². The lowest BCUT2D eigenvalue weighted by Gasteiger charge is -2.43. The van der Waals surface area contributed by atoms with Crippen molar-refractivity contribution >= 4 is 6.09 Å². The lowest BCUT2D eigenvalue weighted by Crippen LogP contribution is -2.56. The molecule has 1 aliphatic carbocycles. The van der Waals surface area contributed by atoms with Crippen molar-refractivity contribution in [3.63, 3.8) is 0 Å². The Balaban J connectivity index is 1.74. The van der Waals surface area contributed by atoms with Gasteiger partial charge in [0.25, 0.3) is 0 Å². The number of amides is 1. The Morgan fingerprint density at radius 3 is 2.67 bits per heavy atom. The standard InChI is InChI=1S/C20H34N2O5/c1-13(2)6-7-15-19(3,27-15)17-16(24-5)14(8-9-20(17)12-25-20)26-18(23)22(4)11-10-21/h6,14-17H,7-12,21H2,1-5H3/t14?,15-,16?,17?,19?,20+/m1/s1. The Kier molecular flexibility index (Phi) is 5.87. The van der Waals surface area contributed by atoms with E-state index in [1.165, 1.54) is 10.5 Å². The first-order chi connectivity index (χ1) is 12.8. The second kappa shape index (κ2) is 7.70. The van der Waals surface area contributed by atoms with Crippen LogP contribution in [0.3, 0.4) is 0 Å². The first-order valence-electron chi connectivity index (χ1n) is 9.87. The number of carbonyl (C=O) groups is 1. The number of rotatable bonds is 7. The van der Waals surface area contributed by atoms with Gasteiger partial charge in [0.1, 0.15) is 23.4 Å². The largest absolute Gasteiger partial charge is 0.443 e. The van der Waals surface area contributed by atoms with Gasteiger partial charge in [0.15, 0.2) is 0 Å². The van der Waals surface area contributed by atoms with Gasteiger partial charge >= 0.3 is 6.09 Å². The summed E-state index contributed by atoms with van der Waals surface area (Å²) >= 11 is 0. The first kappa shape index (κ1) is 20.6. The number of methoxy groups -OCH3 is 1. The van der Waals surface area contributed by atoms with Crippen molar-refractivity contribution in [1.29, 1.82) is 0 Å². The van der Waals surface area contributed by atoms with Crippen LogP contribution in [0, 0.1) is 5.92 Å². The Labute approximate surface area is 162 Å². The van der Waals surface area contributed by atoms with Crippen molar-refractivity contribution in [3.05, 3.63) is 11.6 Å². The molecule has 4 unspecified atom stereocenters. The molecule has 0 aromatic carbocycles. The maximum atomic E-state index is 12.4. The van der Waals surface area contributed by atoms with E-state index in [9.17, 15) is 4.79 Å². The van der Waals surface area contributed by atoms with Crippen LogP contribution < -0.4 is 5.73 Å². The van der Waals surface area contributed by atoms with Crippen LogP contribution in [0.4, 0.5) is 4.79 Å². The van der Waals surface area contributed by atoms with Gasteiger partial charge in [-0.2, -0.15) is 0 Å².